The van der Waals surface area contributed by atoms with E-state index in [2.05, 4.69) is 16.0 Å². The van der Waals surface area contributed by atoms with Gasteiger partial charge in [-0.15, -0.1) is 0 Å². The van der Waals surface area contributed by atoms with Crippen LogP contribution in [0, 0.1) is 28.6 Å². The van der Waals surface area contributed by atoms with E-state index in [1.54, 1.807) is 20.8 Å². The Bertz CT molecular complexity index is 1020. The number of rotatable bonds is 8. The molecule has 2 saturated heterocycles. The summed E-state index contributed by atoms with van der Waals surface area (Å²) in [5.74, 6) is -2.76. The maximum Gasteiger partial charge on any atom is 0.403 e. The summed E-state index contributed by atoms with van der Waals surface area (Å²) in [5, 5.41) is 8.09. The predicted octanol–water partition coefficient (Wildman–Crippen LogP) is 1.45. The van der Waals surface area contributed by atoms with Crippen molar-refractivity contribution in [1.82, 2.24) is 20.9 Å². The largest absolute Gasteiger partial charge is 0.403 e. The van der Waals surface area contributed by atoms with Gasteiger partial charge in [-0.2, -0.15) is 13.2 Å². The first-order valence-corrected chi connectivity index (χ1v) is 13.3. The van der Waals surface area contributed by atoms with Gasteiger partial charge in [0.05, 0.1) is 6.04 Å². The highest BCUT2D eigenvalue weighted by Crippen LogP contribution is 2.65. The van der Waals surface area contributed by atoms with E-state index >= 15 is 0 Å². The molecule has 4 aliphatic rings. The van der Waals surface area contributed by atoms with Gasteiger partial charge in [-0.3, -0.25) is 24.5 Å². The quantitative estimate of drug-likeness (QED) is 0.368. The van der Waals surface area contributed by atoms with Crippen molar-refractivity contribution in [2.45, 2.75) is 103 Å². The molecule has 2 heterocycles. The third kappa shape index (κ3) is 5.24. The molecule has 5 unspecified atom stereocenters. The molecule has 5 N–H and O–H groups in total. The molecule has 4 rings (SSSR count). The van der Waals surface area contributed by atoms with Crippen molar-refractivity contribution in [3.63, 3.8) is 0 Å². The minimum absolute atomic E-state index is 0.00483. The second kappa shape index (κ2) is 9.09. The van der Waals surface area contributed by atoms with Crippen molar-refractivity contribution >= 4 is 23.6 Å². The summed E-state index contributed by atoms with van der Waals surface area (Å²) >= 11 is 0. The number of alkyl halides is 3. The highest BCUT2D eigenvalue weighted by molar-refractivity contribution is 5.95. The van der Waals surface area contributed by atoms with Crippen LogP contribution in [0.2, 0.25) is 0 Å². The lowest BCUT2D eigenvalue weighted by atomic mass is 9.84. The summed E-state index contributed by atoms with van der Waals surface area (Å²) in [6.45, 7) is 10.2. The second-order valence-corrected chi connectivity index (χ2v) is 13.5. The number of likely N-dealkylation sites (tertiary alicyclic amines) is 1. The first-order valence-electron chi connectivity index (χ1n) is 13.3. The number of piperidine rings is 1. The molecule has 0 bridgehead atoms. The third-order valence-electron chi connectivity index (χ3n) is 9.21. The van der Waals surface area contributed by atoms with Gasteiger partial charge in [-0.1, -0.05) is 34.6 Å². The molecule has 0 aromatic heterocycles. The number of carbonyl (C=O) groups is 4. The molecule has 4 fully saturated rings. The first kappa shape index (κ1) is 28.6. The van der Waals surface area contributed by atoms with Crippen molar-refractivity contribution in [2.24, 2.45) is 34.3 Å². The normalized spacial score (nSPS) is 31.3. The van der Waals surface area contributed by atoms with Crippen LogP contribution in [0.1, 0.15) is 67.2 Å². The molecule has 0 aromatic rings. The smallest absolute Gasteiger partial charge is 0.368 e. The molecular weight excluding hydrogens is 503 g/mol. The van der Waals surface area contributed by atoms with Crippen molar-refractivity contribution < 1.29 is 32.3 Å². The Morgan fingerprint density at radius 2 is 1.79 bits per heavy atom. The van der Waals surface area contributed by atoms with Gasteiger partial charge in [0.25, 0.3) is 0 Å². The van der Waals surface area contributed by atoms with Crippen LogP contribution in [0.5, 0.6) is 0 Å². The Hall–Kier alpha value is -2.37. The van der Waals surface area contributed by atoms with Gasteiger partial charge in [-0.05, 0) is 55.3 Å². The molecular formula is C26H40F3N5O4. The fourth-order valence-electron chi connectivity index (χ4n) is 6.45. The molecule has 214 valence electrons. The van der Waals surface area contributed by atoms with E-state index < -0.39 is 59.4 Å². The van der Waals surface area contributed by atoms with Crippen LogP contribution in [0.4, 0.5) is 13.2 Å². The molecule has 38 heavy (non-hydrogen) atoms. The van der Waals surface area contributed by atoms with E-state index in [-0.39, 0.29) is 41.7 Å². The standard InChI is InChI=1S/C26H40F3N5O4/c1-12(26(27,28)29)31-18(23(2,3)4)22(38)34-11-14-16(24(14,5)6)17(34)21(37)32-15(19(30)35)9-13-10-25(7-8-25)33-20(13)36/h12-18,31H,7-11H2,1-6H3,(H2,30,35)(H,32,37)(H,33,36)/t12?,13-,14?,15+,16?,17?,18?/m1/s1. The van der Waals surface area contributed by atoms with E-state index in [4.69, 9.17) is 5.73 Å². The molecule has 0 radical (unpaired) electrons. The number of carbonyl (C=O) groups excluding carboxylic acids is 4. The van der Waals surface area contributed by atoms with E-state index in [9.17, 15) is 32.3 Å². The van der Waals surface area contributed by atoms with E-state index in [1.165, 1.54) is 4.90 Å². The molecule has 1 spiro atoms. The summed E-state index contributed by atoms with van der Waals surface area (Å²) in [7, 11) is 0. The van der Waals surface area contributed by atoms with Crippen molar-refractivity contribution in [3.8, 4) is 0 Å². The molecule has 2 saturated carbocycles. The molecule has 7 atom stereocenters. The molecule has 2 aliphatic heterocycles. The van der Waals surface area contributed by atoms with Crippen LogP contribution >= 0.6 is 0 Å². The van der Waals surface area contributed by atoms with Gasteiger partial charge < -0.3 is 21.3 Å². The highest BCUT2D eigenvalue weighted by atomic mass is 19.4. The van der Waals surface area contributed by atoms with Gasteiger partial charge in [0.1, 0.15) is 18.1 Å². The van der Waals surface area contributed by atoms with Crippen LogP contribution in [-0.4, -0.2) is 71.0 Å². The first-order chi connectivity index (χ1) is 17.3. The molecule has 9 nitrogen and oxygen atoms in total. The number of nitrogens with one attached hydrogen (secondary N) is 3. The number of primary amides is 1. The number of fused-ring (bicyclic) bond motifs is 1. The number of nitrogens with two attached hydrogens (primary N) is 1. The zero-order valence-corrected chi connectivity index (χ0v) is 22.9. The number of hydrogen-bond donors (Lipinski definition) is 4. The lowest BCUT2D eigenvalue weighted by molar-refractivity contribution is -0.160. The topological polar surface area (TPSA) is 134 Å². The van der Waals surface area contributed by atoms with E-state index in [0.717, 1.165) is 19.8 Å². The monoisotopic (exact) mass is 543 g/mol. The fourth-order valence-corrected chi connectivity index (χ4v) is 6.45. The Balaban J connectivity index is 1.53. The zero-order chi connectivity index (χ0) is 28.6. The second-order valence-electron chi connectivity index (χ2n) is 13.5. The van der Waals surface area contributed by atoms with Gasteiger partial charge >= 0.3 is 6.18 Å². The van der Waals surface area contributed by atoms with Crippen LogP contribution in [0.25, 0.3) is 0 Å². The Kier molecular flexibility index (Phi) is 6.85. The summed E-state index contributed by atoms with van der Waals surface area (Å²) in [6, 6.07) is -5.18. The number of halogens is 3. The average Bonchev–Trinajstić information content (AvgIpc) is 3.48. The van der Waals surface area contributed by atoms with Crippen molar-refractivity contribution in [1.29, 1.82) is 0 Å². The maximum absolute atomic E-state index is 13.7. The lowest BCUT2D eigenvalue weighted by Crippen LogP contribution is -2.62. The van der Waals surface area contributed by atoms with Crippen LogP contribution < -0.4 is 21.7 Å². The van der Waals surface area contributed by atoms with Gasteiger partial charge in [0.15, 0.2) is 0 Å². The fraction of sp³-hybridized carbons (Fsp3) is 0.846. The summed E-state index contributed by atoms with van der Waals surface area (Å²) in [4.78, 5) is 53.5. The minimum atomic E-state index is -4.55. The van der Waals surface area contributed by atoms with Gasteiger partial charge in [0, 0.05) is 18.0 Å². The summed E-state index contributed by atoms with van der Waals surface area (Å²) in [5.41, 5.74) is 4.29. The highest BCUT2D eigenvalue weighted by Gasteiger charge is 2.70. The maximum atomic E-state index is 13.7. The Morgan fingerprint density at radius 3 is 2.26 bits per heavy atom. The molecule has 12 heteroatoms. The van der Waals surface area contributed by atoms with Crippen LogP contribution in [-0.2, 0) is 19.2 Å². The van der Waals surface area contributed by atoms with Crippen LogP contribution in [0.15, 0.2) is 0 Å². The number of nitrogens with zero attached hydrogens (tertiary/aromatic N) is 1. The predicted molar refractivity (Wildman–Crippen MR) is 132 cm³/mol. The molecule has 2 aliphatic carbocycles. The SMILES string of the molecule is CC(NC(C(=O)N1CC2C(C1C(=O)N[C@@H](C[C@@H]1CC3(CC3)NC1=O)C(N)=O)C2(C)C)C(C)(C)C)C(F)(F)F. The number of amides is 4. The van der Waals surface area contributed by atoms with Crippen molar-refractivity contribution in [2.75, 3.05) is 6.54 Å². The summed E-state index contributed by atoms with van der Waals surface area (Å²) < 4.78 is 40.1. The summed E-state index contributed by atoms with van der Waals surface area (Å²) in [6.07, 6.45) is -2.14. The van der Waals surface area contributed by atoms with Crippen LogP contribution in [0.3, 0.4) is 0 Å². The van der Waals surface area contributed by atoms with Gasteiger partial charge in [-0.25, -0.2) is 0 Å². The average molecular weight is 544 g/mol. The van der Waals surface area contributed by atoms with E-state index in [1.807, 2.05) is 13.8 Å². The third-order valence-corrected chi connectivity index (χ3v) is 9.21. The molecule has 4 amide bonds. The van der Waals surface area contributed by atoms with Gasteiger partial charge in [0.2, 0.25) is 23.6 Å². The van der Waals surface area contributed by atoms with E-state index in [0.29, 0.717) is 6.42 Å². The lowest BCUT2D eigenvalue weighted by Gasteiger charge is -2.39. The minimum Gasteiger partial charge on any atom is -0.368 e. The number of hydrogen-bond acceptors (Lipinski definition) is 5. The Labute approximate surface area is 221 Å². The zero-order valence-electron chi connectivity index (χ0n) is 22.9. The molecule has 0 aromatic carbocycles. The Morgan fingerprint density at radius 1 is 1.18 bits per heavy atom. The van der Waals surface area contributed by atoms with Crippen molar-refractivity contribution in [3.05, 3.63) is 0 Å².